The lowest BCUT2D eigenvalue weighted by molar-refractivity contribution is 0.101. The van der Waals surface area contributed by atoms with E-state index in [1.54, 1.807) is 54.6 Å². The van der Waals surface area contributed by atoms with Crippen LogP contribution in [0.5, 0.6) is 0 Å². The SMILES string of the molecule is Cc1cccc(C(=O)Nc2ccc(-c3nc4ccc(NC(=O)c5cccc(Cl)c5Cl)cc4[nH]3)cc2)c1Cl. The van der Waals surface area contributed by atoms with Gasteiger partial charge in [0, 0.05) is 16.9 Å². The summed E-state index contributed by atoms with van der Waals surface area (Å²) in [5.41, 5.74) is 5.07. The van der Waals surface area contributed by atoms with E-state index in [-0.39, 0.29) is 22.4 Å². The van der Waals surface area contributed by atoms with Gasteiger partial charge in [-0.25, -0.2) is 4.98 Å². The molecule has 1 heterocycles. The van der Waals surface area contributed by atoms with Gasteiger partial charge in [0.15, 0.2) is 0 Å². The average molecular weight is 550 g/mol. The number of amides is 2. The molecule has 2 amide bonds. The van der Waals surface area contributed by atoms with Gasteiger partial charge in [-0.05, 0) is 73.2 Å². The number of benzene rings is 4. The van der Waals surface area contributed by atoms with Crippen molar-refractivity contribution in [1.82, 2.24) is 9.97 Å². The molecule has 0 aliphatic heterocycles. The second-order valence-electron chi connectivity index (χ2n) is 8.34. The minimum atomic E-state index is -0.365. The zero-order chi connectivity index (χ0) is 26.1. The number of aromatic amines is 1. The van der Waals surface area contributed by atoms with Crippen LogP contribution in [0.2, 0.25) is 15.1 Å². The van der Waals surface area contributed by atoms with Crippen molar-refractivity contribution in [2.45, 2.75) is 6.92 Å². The standard InChI is InChI=1S/C28H19Cl3N4O2/c1-15-4-2-5-19(24(15)30)27(36)32-17-10-8-16(9-11-17)26-34-22-13-12-18(14-23(22)35-26)33-28(37)20-6-3-7-21(29)25(20)31/h2-14H,1H3,(H,32,36)(H,33,37)(H,34,35). The van der Waals surface area contributed by atoms with E-state index in [0.717, 1.165) is 22.2 Å². The molecule has 184 valence electrons. The van der Waals surface area contributed by atoms with E-state index in [4.69, 9.17) is 34.8 Å². The summed E-state index contributed by atoms with van der Waals surface area (Å²) in [4.78, 5) is 33.2. The van der Waals surface area contributed by atoms with Gasteiger partial charge in [-0.3, -0.25) is 9.59 Å². The summed E-state index contributed by atoms with van der Waals surface area (Å²) in [5.74, 6) is 0.00553. The van der Waals surface area contributed by atoms with E-state index in [1.807, 2.05) is 31.2 Å². The highest BCUT2D eigenvalue weighted by molar-refractivity contribution is 6.44. The summed E-state index contributed by atoms with van der Waals surface area (Å²) in [6, 6.07) is 22.9. The lowest BCUT2D eigenvalue weighted by Crippen LogP contribution is -2.12. The number of imidazole rings is 1. The van der Waals surface area contributed by atoms with E-state index in [9.17, 15) is 9.59 Å². The van der Waals surface area contributed by atoms with E-state index < -0.39 is 0 Å². The van der Waals surface area contributed by atoms with Crippen LogP contribution in [0.25, 0.3) is 22.4 Å². The number of hydrogen-bond acceptors (Lipinski definition) is 3. The quantitative estimate of drug-likeness (QED) is 0.207. The number of carbonyl (C=O) groups is 2. The molecule has 0 aliphatic carbocycles. The number of halogens is 3. The van der Waals surface area contributed by atoms with Gasteiger partial charge in [0.25, 0.3) is 11.8 Å². The summed E-state index contributed by atoms with van der Waals surface area (Å²) >= 11 is 18.5. The van der Waals surface area contributed by atoms with Crippen LogP contribution in [0.1, 0.15) is 26.3 Å². The van der Waals surface area contributed by atoms with Gasteiger partial charge < -0.3 is 15.6 Å². The number of fused-ring (bicyclic) bond motifs is 1. The van der Waals surface area contributed by atoms with Crippen LogP contribution in [-0.2, 0) is 0 Å². The average Bonchev–Trinajstić information content (AvgIpc) is 3.31. The minimum Gasteiger partial charge on any atom is -0.338 e. The van der Waals surface area contributed by atoms with E-state index in [2.05, 4.69) is 20.6 Å². The Morgan fingerprint density at radius 3 is 2.11 bits per heavy atom. The van der Waals surface area contributed by atoms with Crippen molar-refractivity contribution in [3.8, 4) is 11.4 Å². The molecule has 0 unspecified atom stereocenters. The summed E-state index contributed by atoms with van der Waals surface area (Å²) < 4.78 is 0. The predicted molar refractivity (Wildman–Crippen MR) is 150 cm³/mol. The largest absolute Gasteiger partial charge is 0.338 e. The molecule has 0 spiro atoms. The molecule has 1 aromatic heterocycles. The third kappa shape index (κ3) is 5.18. The molecule has 0 saturated carbocycles. The van der Waals surface area contributed by atoms with Crippen molar-refractivity contribution in [2.24, 2.45) is 0 Å². The highest BCUT2D eigenvalue weighted by Crippen LogP contribution is 2.28. The van der Waals surface area contributed by atoms with Gasteiger partial charge in [0.1, 0.15) is 5.82 Å². The summed E-state index contributed by atoms with van der Waals surface area (Å²) in [6.07, 6.45) is 0. The van der Waals surface area contributed by atoms with Crippen molar-refractivity contribution in [1.29, 1.82) is 0 Å². The molecule has 0 aliphatic rings. The summed E-state index contributed by atoms with van der Waals surface area (Å²) in [6.45, 7) is 1.85. The highest BCUT2D eigenvalue weighted by Gasteiger charge is 2.15. The minimum absolute atomic E-state index is 0.202. The number of anilines is 2. The zero-order valence-corrected chi connectivity index (χ0v) is 21.7. The number of nitrogens with one attached hydrogen (secondary N) is 3. The molecular weight excluding hydrogens is 531 g/mol. The van der Waals surface area contributed by atoms with E-state index in [1.165, 1.54) is 0 Å². The Balaban J connectivity index is 1.32. The molecule has 0 fully saturated rings. The Hall–Kier alpha value is -3.84. The lowest BCUT2D eigenvalue weighted by atomic mass is 10.1. The van der Waals surface area contributed by atoms with Crippen molar-refractivity contribution < 1.29 is 9.59 Å². The fraction of sp³-hybridized carbons (Fsp3) is 0.0357. The Morgan fingerprint density at radius 2 is 1.38 bits per heavy atom. The van der Waals surface area contributed by atoms with Crippen LogP contribution in [0.3, 0.4) is 0 Å². The van der Waals surface area contributed by atoms with E-state index >= 15 is 0 Å². The van der Waals surface area contributed by atoms with Crippen molar-refractivity contribution in [3.05, 3.63) is 111 Å². The molecule has 0 atom stereocenters. The first kappa shape index (κ1) is 24.8. The number of carbonyl (C=O) groups excluding carboxylic acids is 2. The molecule has 0 radical (unpaired) electrons. The predicted octanol–water partition coefficient (Wildman–Crippen LogP) is 8.00. The van der Waals surface area contributed by atoms with Crippen LogP contribution >= 0.6 is 34.8 Å². The van der Waals surface area contributed by atoms with Gasteiger partial charge in [-0.1, -0.05) is 53.0 Å². The first-order valence-corrected chi connectivity index (χ1v) is 12.4. The zero-order valence-electron chi connectivity index (χ0n) is 19.4. The number of aryl methyl sites for hydroxylation is 1. The number of aromatic nitrogens is 2. The monoisotopic (exact) mass is 548 g/mol. The topological polar surface area (TPSA) is 86.9 Å². The Kier molecular flexibility index (Phi) is 6.89. The van der Waals surface area contributed by atoms with Gasteiger partial charge in [0.05, 0.1) is 37.2 Å². The normalized spacial score (nSPS) is 10.9. The number of H-pyrrole nitrogens is 1. The van der Waals surface area contributed by atoms with Crippen LogP contribution < -0.4 is 10.6 Å². The third-order valence-electron chi connectivity index (χ3n) is 5.79. The molecule has 0 bridgehead atoms. The Bertz CT molecular complexity index is 1660. The van der Waals surface area contributed by atoms with Crippen LogP contribution in [0.15, 0.2) is 78.9 Å². The van der Waals surface area contributed by atoms with Crippen LogP contribution in [-0.4, -0.2) is 21.8 Å². The second-order valence-corrected chi connectivity index (χ2v) is 9.50. The van der Waals surface area contributed by atoms with Gasteiger partial charge in [-0.2, -0.15) is 0 Å². The molecule has 6 nitrogen and oxygen atoms in total. The van der Waals surface area contributed by atoms with Crippen LogP contribution in [0.4, 0.5) is 11.4 Å². The van der Waals surface area contributed by atoms with Crippen molar-refractivity contribution in [2.75, 3.05) is 10.6 Å². The molecule has 4 aromatic carbocycles. The maximum absolute atomic E-state index is 12.7. The van der Waals surface area contributed by atoms with Gasteiger partial charge in [-0.15, -0.1) is 0 Å². The third-order valence-corrected chi connectivity index (χ3v) is 7.11. The fourth-order valence-corrected chi connectivity index (χ4v) is 4.43. The molecular formula is C28H19Cl3N4O2. The second kappa shape index (κ2) is 10.3. The van der Waals surface area contributed by atoms with Crippen molar-refractivity contribution >= 4 is 69.0 Å². The Labute approximate surface area is 227 Å². The lowest BCUT2D eigenvalue weighted by Gasteiger charge is -2.08. The molecule has 5 aromatic rings. The molecule has 0 saturated heterocycles. The maximum Gasteiger partial charge on any atom is 0.257 e. The van der Waals surface area contributed by atoms with E-state index in [0.29, 0.717) is 32.8 Å². The summed E-state index contributed by atoms with van der Waals surface area (Å²) in [7, 11) is 0. The van der Waals surface area contributed by atoms with Gasteiger partial charge in [0.2, 0.25) is 0 Å². The fourth-order valence-electron chi connectivity index (χ4n) is 3.83. The smallest absolute Gasteiger partial charge is 0.257 e. The molecule has 37 heavy (non-hydrogen) atoms. The Morgan fingerprint density at radius 1 is 0.757 bits per heavy atom. The number of hydrogen-bond donors (Lipinski definition) is 3. The maximum atomic E-state index is 12.7. The molecule has 3 N–H and O–H groups in total. The number of rotatable bonds is 5. The molecule has 9 heteroatoms. The van der Waals surface area contributed by atoms with Gasteiger partial charge >= 0.3 is 0 Å². The first-order chi connectivity index (χ1) is 17.8. The first-order valence-electron chi connectivity index (χ1n) is 11.2. The van der Waals surface area contributed by atoms with Crippen molar-refractivity contribution in [3.63, 3.8) is 0 Å². The van der Waals surface area contributed by atoms with Crippen LogP contribution in [0, 0.1) is 6.92 Å². The highest BCUT2D eigenvalue weighted by atomic mass is 35.5. The number of nitrogens with zero attached hydrogens (tertiary/aromatic N) is 1. The molecule has 5 rings (SSSR count). The summed E-state index contributed by atoms with van der Waals surface area (Å²) in [5, 5.41) is 6.65.